The van der Waals surface area contributed by atoms with Crippen molar-refractivity contribution < 1.29 is 10.2 Å². The first-order chi connectivity index (χ1) is 13.9. The number of aliphatic hydroxyl groups excluding tert-OH is 2. The Hall–Kier alpha value is -1.07. The normalized spacial score (nSPS) is 27.6. The van der Waals surface area contributed by atoms with E-state index in [1.165, 1.54) is 17.7 Å². The zero-order valence-electron chi connectivity index (χ0n) is 18.1. The van der Waals surface area contributed by atoms with Crippen LogP contribution in [-0.2, 0) is 6.42 Å². The van der Waals surface area contributed by atoms with Crippen molar-refractivity contribution in [2.24, 2.45) is 17.8 Å². The molecule has 0 heterocycles. The number of aryl methyl sites for hydroxylation is 1. The van der Waals surface area contributed by atoms with Crippen LogP contribution in [0.25, 0.3) is 0 Å². The molecule has 0 aliphatic heterocycles. The fraction of sp³-hybridized carbons (Fsp3) is 0.600. The van der Waals surface area contributed by atoms with Crippen LogP contribution in [0.4, 0.5) is 0 Å². The SMILES string of the molecule is Cc1cccc(C[C@H](O)C=C[C@@H]2[C@H]3CC(CSCCCN(C)C)=C[C@H]3C[C@H]2O)c1. The van der Waals surface area contributed by atoms with Gasteiger partial charge in [-0.3, -0.25) is 0 Å². The molecule has 5 atom stereocenters. The van der Waals surface area contributed by atoms with Crippen LogP contribution < -0.4 is 0 Å². The van der Waals surface area contributed by atoms with Gasteiger partial charge in [-0.1, -0.05) is 53.6 Å². The molecule has 160 valence electrons. The molecule has 2 aliphatic rings. The Kier molecular flexibility index (Phi) is 8.43. The molecule has 1 aromatic rings. The molecule has 3 rings (SSSR count). The summed E-state index contributed by atoms with van der Waals surface area (Å²) in [5, 5.41) is 21.0. The lowest BCUT2D eigenvalue weighted by atomic mass is 9.89. The molecule has 1 aromatic carbocycles. The molecule has 3 nitrogen and oxygen atoms in total. The lowest BCUT2D eigenvalue weighted by Crippen LogP contribution is -2.18. The molecular weight excluding hydrogens is 378 g/mol. The molecule has 0 radical (unpaired) electrons. The van der Waals surface area contributed by atoms with E-state index in [0.29, 0.717) is 18.3 Å². The van der Waals surface area contributed by atoms with Crippen LogP contribution in [-0.4, -0.2) is 59.5 Å². The Balaban J connectivity index is 1.47. The lowest BCUT2D eigenvalue weighted by molar-refractivity contribution is 0.140. The van der Waals surface area contributed by atoms with Gasteiger partial charge < -0.3 is 15.1 Å². The Bertz CT molecular complexity index is 715. The summed E-state index contributed by atoms with van der Waals surface area (Å²) >= 11 is 2.04. The van der Waals surface area contributed by atoms with Gasteiger partial charge in [0.1, 0.15) is 0 Å². The zero-order chi connectivity index (χ0) is 20.8. The predicted octanol–water partition coefficient (Wildman–Crippen LogP) is 4.08. The second-order valence-corrected chi connectivity index (χ2v) is 10.2. The summed E-state index contributed by atoms with van der Waals surface area (Å²) < 4.78 is 0. The second kappa shape index (κ2) is 10.8. The van der Waals surface area contributed by atoms with E-state index in [0.717, 1.165) is 30.7 Å². The van der Waals surface area contributed by atoms with E-state index in [1.807, 2.05) is 23.9 Å². The van der Waals surface area contributed by atoms with E-state index in [4.69, 9.17) is 0 Å². The third kappa shape index (κ3) is 6.71. The average Bonchev–Trinajstić information content (AvgIpc) is 3.16. The summed E-state index contributed by atoms with van der Waals surface area (Å²) in [6.45, 7) is 3.23. The highest BCUT2D eigenvalue weighted by molar-refractivity contribution is 7.99. The number of benzene rings is 1. The van der Waals surface area contributed by atoms with Crippen molar-refractivity contribution in [3.63, 3.8) is 0 Å². The van der Waals surface area contributed by atoms with Gasteiger partial charge in [-0.2, -0.15) is 11.8 Å². The molecule has 0 amide bonds. The maximum absolute atomic E-state index is 10.5. The number of aliphatic hydroxyl groups is 2. The Morgan fingerprint density at radius 1 is 1.31 bits per heavy atom. The Morgan fingerprint density at radius 2 is 2.14 bits per heavy atom. The predicted molar refractivity (Wildman–Crippen MR) is 124 cm³/mol. The molecule has 4 heteroatoms. The fourth-order valence-corrected chi connectivity index (χ4v) is 5.76. The van der Waals surface area contributed by atoms with Crippen LogP contribution in [0.2, 0.25) is 0 Å². The van der Waals surface area contributed by atoms with Gasteiger partial charge in [0.25, 0.3) is 0 Å². The van der Waals surface area contributed by atoms with E-state index < -0.39 is 6.10 Å². The van der Waals surface area contributed by atoms with Gasteiger partial charge in [-0.25, -0.2) is 0 Å². The number of hydrogen-bond donors (Lipinski definition) is 2. The largest absolute Gasteiger partial charge is 0.392 e. The van der Waals surface area contributed by atoms with Gasteiger partial charge in [0, 0.05) is 18.1 Å². The van der Waals surface area contributed by atoms with Gasteiger partial charge in [0.05, 0.1) is 12.2 Å². The monoisotopic (exact) mass is 415 g/mol. The van der Waals surface area contributed by atoms with Crippen molar-refractivity contribution in [2.75, 3.05) is 32.1 Å². The molecule has 0 saturated heterocycles. The first-order valence-electron chi connectivity index (χ1n) is 10.9. The van der Waals surface area contributed by atoms with Crippen molar-refractivity contribution in [1.82, 2.24) is 4.90 Å². The van der Waals surface area contributed by atoms with Crippen LogP contribution >= 0.6 is 11.8 Å². The van der Waals surface area contributed by atoms with Crippen molar-refractivity contribution in [2.45, 2.75) is 44.8 Å². The minimum absolute atomic E-state index is 0.166. The van der Waals surface area contributed by atoms with Gasteiger partial charge in [0.2, 0.25) is 0 Å². The van der Waals surface area contributed by atoms with E-state index in [1.54, 1.807) is 5.57 Å². The molecular formula is C25H37NO2S. The topological polar surface area (TPSA) is 43.7 Å². The van der Waals surface area contributed by atoms with Gasteiger partial charge in [0.15, 0.2) is 0 Å². The summed E-state index contributed by atoms with van der Waals surface area (Å²) in [7, 11) is 4.25. The maximum Gasteiger partial charge on any atom is 0.0761 e. The molecule has 0 spiro atoms. The zero-order valence-corrected chi connectivity index (χ0v) is 18.9. The van der Waals surface area contributed by atoms with Crippen LogP contribution in [0.5, 0.6) is 0 Å². The van der Waals surface area contributed by atoms with Crippen molar-refractivity contribution in [3.8, 4) is 0 Å². The highest BCUT2D eigenvalue weighted by Gasteiger charge is 2.43. The number of rotatable bonds is 10. The minimum atomic E-state index is -0.496. The standard InChI is InChI=1S/C25H37NO2S/c1-18-6-4-7-19(12-18)14-22(27)8-9-23-24-15-20(13-21(24)16-25(23)28)17-29-11-5-10-26(2)3/h4,6-9,12-13,21-25,27-28H,5,10-11,14-17H2,1-3H3/t21-,22+,23+,24-,25+/m0/s1. The van der Waals surface area contributed by atoms with Crippen LogP contribution in [0.15, 0.2) is 48.1 Å². The summed E-state index contributed by atoms with van der Waals surface area (Å²) in [6, 6.07) is 8.30. The molecule has 1 saturated carbocycles. The molecule has 0 unspecified atom stereocenters. The maximum atomic E-state index is 10.5. The minimum Gasteiger partial charge on any atom is -0.392 e. The highest BCUT2D eigenvalue weighted by Crippen LogP contribution is 2.47. The summed E-state index contributed by atoms with van der Waals surface area (Å²) in [4.78, 5) is 2.24. The number of fused-ring (bicyclic) bond motifs is 1. The average molecular weight is 416 g/mol. The molecule has 1 fully saturated rings. The second-order valence-electron chi connectivity index (χ2n) is 9.09. The van der Waals surface area contributed by atoms with Crippen LogP contribution in [0, 0.1) is 24.7 Å². The van der Waals surface area contributed by atoms with Gasteiger partial charge in [-0.05, 0) is 70.0 Å². The summed E-state index contributed by atoms with van der Waals surface area (Å²) in [6.07, 6.45) is 9.49. The van der Waals surface area contributed by atoms with E-state index in [2.05, 4.69) is 56.3 Å². The number of nitrogens with zero attached hydrogens (tertiary/aromatic N) is 1. The van der Waals surface area contributed by atoms with Crippen molar-refractivity contribution in [3.05, 3.63) is 59.2 Å². The lowest BCUT2D eigenvalue weighted by Gasteiger charge is -2.19. The first-order valence-corrected chi connectivity index (χ1v) is 12.1. The molecule has 2 aliphatic carbocycles. The number of allylic oxidation sites excluding steroid dienone is 1. The highest BCUT2D eigenvalue weighted by atomic mass is 32.2. The van der Waals surface area contributed by atoms with Crippen LogP contribution in [0.1, 0.15) is 30.4 Å². The van der Waals surface area contributed by atoms with Gasteiger partial charge >= 0.3 is 0 Å². The third-order valence-electron chi connectivity index (χ3n) is 6.21. The van der Waals surface area contributed by atoms with Gasteiger partial charge in [-0.15, -0.1) is 0 Å². The molecule has 0 aromatic heterocycles. The van der Waals surface area contributed by atoms with E-state index in [9.17, 15) is 10.2 Å². The fourth-order valence-electron chi connectivity index (χ4n) is 4.80. The molecule has 0 bridgehead atoms. The smallest absolute Gasteiger partial charge is 0.0761 e. The Morgan fingerprint density at radius 3 is 2.90 bits per heavy atom. The van der Waals surface area contributed by atoms with Crippen LogP contribution in [0.3, 0.4) is 0 Å². The van der Waals surface area contributed by atoms with E-state index in [-0.39, 0.29) is 12.0 Å². The van der Waals surface area contributed by atoms with Crippen molar-refractivity contribution >= 4 is 11.8 Å². The summed E-state index contributed by atoms with van der Waals surface area (Å²) in [5.41, 5.74) is 3.93. The quantitative estimate of drug-likeness (QED) is 0.446. The number of hydrogen-bond acceptors (Lipinski definition) is 4. The first kappa shape index (κ1) is 22.6. The molecule has 29 heavy (non-hydrogen) atoms. The number of thioether (sulfide) groups is 1. The van der Waals surface area contributed by atoms with E-state index >= 15 is 0 Å². The third-order valence-corrected chi connectivity index (χ3v) is 7.37. The molecule has 2 N–H and O–H groups in total. The summed E-state index contributed by atoms with van der Waals surface area (Å²) in [5.74, 6) is 3.51. The Labute approximate surface area is 180 Å². The van der Waals surface area contributed by atoms with Crippen molar-refractivity contribution in [1.29, 1.82) is 0 Å².